The second-order valence-corrected chi connectivity index (χ2v) is 5.81. The SMILES string of the molecule is Cc1ccccc1-c1nsc2c(=O)[nH]c(-c3ccncn3)nc12. The van der Waals surface area contributed by atoms with E-state index in [0.29, 0.717) is 21.7 Å². The highest BCUT2D eigenvalue weighted by Gasteiger charge is 2.16. The van der Waals surface area contributed by atoms with Crippen LogP contribution in [0.4, 0.5) is 0 Å². The minimum Gasteiger partial charge on any atom is -0.304 e. The van der Waals surface area contributed by atoms with E-state index in [2.05, 4.69) is 24.3 Å². The first-order valence-electron chi connectivity index (χ1n) is 6.96. The van der Waals surface area contributed by atoms with Gasteiger partial charge in [-0.25, -0.2) is 15.0 Å². The van der Waals surface area contributed by atoms with Crippen LogP contribution in [-0.4, -0.2) is 24.3 Å². The highest BCUT2D eigenvalue weighted by atomic mass is 32.1. The highest BCUT2D eigenvalue weighted by Crippen LogP contribution is 2.30. The average molecular weight is 321 g/mol. The minimum absolute atomic E-state index is 0.207. The fraction of sp³-hybridized carbons (Fsp3) is 0.0625. The fourth-order valence-corrected chi connectivity index (χ4v) is 3.14. The molecule has 0 saturated heterocycles. The summed E-state index contributed by atoms with van der Waals surface area (Å²) in [6, 6.07) is 9.62. The van der Waals surface area contributed by atoms with Crippen molar-refractivity contribution in [1.82, 2.24) is 24.3 Å². The number of hydrogen-bond acceptors (Lipinski definition) is 6. The molecular weight excluding hydrogens is 310 g/mol. The first-order chi connectivity index (χ1) is 11.2. The molecule has 23 heavy (non-hydrogen) atoms. The van der Waals surface area contributed by atoms with E-state index in [1.54, 1.807) is 12.3 Å². The lowest BCUT2D eigenvalue weighted by atomic mass is 10.1. The van der Waals surface area contributed by atoms with Gasteiger partial charge in [0.1, 0.15) is 27.9 Å². The largest absolute Gasteiger partial charge is 0.304 e. The lowest BCUT2D eigenvalue weighted by Crippen LogP contribution is -2.08. The Bertz CT molecular complexity index is 1050. The molecule has 0 saturated carbocycles. The molecule has 1 N–H and O–H groups in total. The van der Waals surface area contributed by atoms with Crippen LogP contribution in [0.25, 0.3) is 33.0 Å². The Morgan fingerprint density at radius 3 is 2.83 bits per heavy atom. The molecule has 112 valence electrons. The van der Waals surface area contributed by atoms with E-state index in [1.807, 2.05) is 31.2 Å². The zero-order valence-corrected chi connectivity index (χ0v) is 13.0. The Labute approximate surface area is 135 Å². The summed E-state index contributed by atoms with van der Waals surface area (Å²) in [5, 5.41) is 0. The van der Waals surface area contributed by atoms with Crippen LogP contribution in [0, 0.1) is 6.92 Å². The van der Waals surface area contributed by atoms with E-state index in [0.717, 1.165) is 28.4 Å². The molecule has 0 bridgehead atoms. The maximum Gasteiger partial charge on any atom is 0.270 e. The predicted molar refractivity (Wildman–Crippen MR) is 89.2 cm³/mol. The van der Waals surface area contributed by atoms with Crippen molar-refractivity contribution in [3.05, 3.63) is 58.8 Å². The number of nitrogens with zero attached hydrogens (tertiary/aromatic N) is 4. The third-order valence-electron chi connectivity index (χ3n) is 3.55. The third-order valence-corrected chi connectivity index (χ3v) is 4.39. The summed E-state index contributed by atoms with van der Waals surface area (Å²) in [5.41, 5.74) is 3.75. The summed E-state index contributed by atoms with van der Waals surface area (Å²) in [7, 11) is 0. The molecule has 0 atom stereocenters. The van der Waals surface area contributed by atoms with Crippen molar-refractivity contribution < 1.29 is 0 Å². The Hall–Kier alpha value is -2.93. The Morgan fingerprint density at radius 2 is 2.04 bits per heavy atom. The predicted octanol–water partition coefficient (Wildman–Crippen LogP) is 2.81. The van der Waals surface area contributed by atoms with E-state index < -0.39 is 0 Å². The van der Waals surface area contributed by atoms with E-state index in [4.69, 9.17) is 0 Å². The summed E-state index contributed by atoms with van der Waals surface area (Å²) in [6.45, 7) is 2.01. The van der Waals surface area contributed by atoms with Crippen LogP contribution in [0.15, 0.2) is 47.7 Å². The summed E-state index contributed by atoms with van der Waals surface area (Å²) < 4.78 is 4.96. The molecule has 3 heterocycles. The summed E-state index contributed by atoms with van der Waals surface area (Å²) >= 11 is 1.16. The molecule has 4 rings (SSSR count). The first kappa shape index (κ1) is 13.7. The molecule has 0 aliphatic rings. The van der Waals surface area contributed by atoms with Crippen molar-refractivity contribution in [2.45, 2.75) is 6.92 Å². The number of nitrogens with one attached hydrogen (secondary N) is 1. The summed E-state index contributed by atoms with van der Waals surface area (Å²) in [6.07, 6.45) is 3.04. The van der Waals surface area contributed by atoms with Gasteiger partial charge in [0.05, 0.1) is 0 Å². The smallest absolute Gasteiger partial charge is 0.270 e. The van der Waals surface area contributed by atoms with Gasteiger partial charge in [-0.2, -0.15) is 4.37 Å². The Morgan fingerprint density at radius 1 is 1.17 bits per heavy atom. The van der Waals surface area contributed by atoms with Crippen LogP contribution < -0.4 is 5.56 Å². The molecule has 4 aromatic rings. The maximum atomic E-state index is 12.3. The van der Waals surface area contributed by atoms with E-state index >= 15 is 0 Å². The normalized spacial score (nSPS) is 11.0. The Kier molecular flexibility index (Phi) is 3.20. The van der Waals surface area contributed by atoms with Crippen molar-refractivity contribution in [3.63, 3.8) is 0 Å². The molecular formula is C16H11N5OS. The van der Waals surface area contributed by atoms with Crippen LogP contribution >= 0.6 is 11.5 Å². The fourth-order valence-electron chi connectivity index (χ4n) is 2.41. The molecule has 3 aromatic heterocycles. The number of H-pyrrole nitrogens is 1. The molecule has 1 aromatic carbocycles. The number of hydrogen-bond donors (Lipinski definition) is 1. The van der Waals surface area contributed by atoms with Gasteiger partial charge in [0, 0.05) is 11.8 Å². The van der Waals surface area contributed by atoms with Crippen LogP contribution in [0.3, 0.4) is 0 Å². The number of aryl methyl sites for hydroxylation is 1. The second-order valence-electron chi connectivity index (χ2n) is 5.03. The molecule has 6 nitrogen and oxygen atoms in total. The average Bonchev–Trinajstić information content (AvgIpc) is 3.00. The van der Waals surface area contributed by atoms with Crippen molar-refractivity contribution in [2.75, 3.05) is 0 Å². The van der Waals surface area contributed by atoms with Crippen molar-refractivity contribution in [2.24, 2.45) is 0 Å². The maximum absolute atomic E-state index is 12.3. The molecule has 0 spiro atoms. The van der Waals surface area contributed by atoms with Gasteiger partial charge < -0.3 is 4.98 Å². The first-order valence-corrected chi connectivity index (χ1v) is 7.73. The van der Waals surface area contributed by atoms with Gasteiger partial charge in [-0.1, -0.05) is 24.3 Å². The van der Waals surface area contributed by atoms with E-state index in [1.165, 1.54) is 6.33 Å². The molecule has 0 radical (unpaired) electrons. The number of aromatic nitrogens is 5. The third kappa shape index (κ3) is 2.31. The monoisotopic (exact) mass is 321 g/mol. The summed E-state index contributed by atoms with van der Waals surface area (Å²) in [5.74, 6) is 0.417. The van der Waals surface area contributed by atoms with Gasteiger partial charge in [0.2, 0.25) is 0 Å². The van der Waals surface area contributed by atoms with Gasteiger partial charge in [-0.05, 0) is 30.1 Å². The highest BCUT2D eigenvalue weighted by molar-refractivity contribution is 7.13. The van der Waals surface area contributed by atoms with Crippen molar-refractivity contribution in [1.29, 1.82) is 0 Å². The minimum atomic E-state index is -0.207. The van der Waals surface area contributed by atoms with Crippen molar-refractivity contribution in [3.8, 4) is 22.8 Å². The van der Waals surface area contributed by atoms with Gasteiger partial charge in [0.25, 0.3) is 5.56 Å². The van der Waals surface area contributed by atoms with Crippen LogP contribution in [-0.2, 0) is 0 Å². The second kappa shape index (κ2) is 5.36. The number of benzene rings is 1. The molecule has 0 aliphatic carbocycles. The summed E-state index contributed by atoms with van der Waals surface area (Å²) in [4.78, 5) is 27.7. The zero-order valence-electron chi connectivity index (χ0n) is 12.1. The topological polar surface area (TPSA) is 84.4 Å². The zero-order chi connectivity index (χ0) is 15.8. The van der Waals surface area contributed by atoms with Crippen LogP contribution in [0.2, 0.25) is 0 Å². The lowest BCUT2D eigenvalue weighted by Gasteiger charge is -2.03. The van der Waals surface area contributed by atoms with Gasteiger partial charge in [-0.15, -0.1) is 0 Å². The van der Waals surface area contributed by atoms with Crippen LogP contribution in [0.5, 0.6) is 0 Å². The Balaban J connectivity index is 2.00. The van der Waals surface area contributed by atoms with Gasteiger partial charge in [0.15, 0.2) is 5.82 Å². The molecule has 0 aliphatic heterocycles. The van der Waals surface area contributed by atoms with Crippen molar-refractivity contribution >= 4 is 21.7 Å². The van der Waals surface area contributed by atoms with Gasteiger partial charge >= 0.3 is 0 Å². The molecule has 7 heteroatoms. The molecule has 0 fully saturated rings. The molecule has 0 amide bonds. The van der Waals surface area contributed by atoms with Crippen LogP contribution in [0.1, 0.15) is 5.56 Å². The molecule has 0 unspecified atom stereocenters. The van der Waals surface area contributed by atoms with Gasteiger partial charge in [-0.3, -0.25) is 4.79 Å². The lowest BCUT2D eigenvalue weighted by molar-refractivity contribution is 1.11. The standard InChI is InChI=1S/C16H11N5OS/c1-9-4-2-3-5-10(9)12-13-14(23-21-12)16(22)20-15(19-13)11-6-7-17-8-18-11/h2-8H,1H3,(H,19,20,22). The number of rotatable bonds is 2. The van der Waals surface area contributed by atoms with E-state index in [9.17, 15) is 4.79 Å². The quantitative estimate of drug-likeness (QED) is 0.613. The van der Waals surface area contributed by atoms with E-state index in [-0.39, 0.29) is 5.56 Å². The number of aromatic amines is 1. The number of fused-ring (bicyclic) bond motifs is 1.